The van der Waals surface area contributed by atoms with Gasteiger partial charge >= 0.3 is 0 Å². The second kappa shape index (κ2) is 6.29. The summed E-state index contributed by atoms with van der Waals surface area (Å²) >= 11 is 1.47. The van der Waals surface area contributed by atoms with Gasteiger partial charge < -0.3 is 10.6 Å². The molecule has 100 valence electrons. The Bertz CT molecular complexity index is 567. The van der Waals surface area contributed by atoms with Crippen LogP contribution in [-0.4, -0.2) is 22.4 Å². The average molecular weight is 276 g/mol. The van der Waals surface area contributed by atoms with Gasteiger partial charge in [0.15, 0.2) is 5.13 Å². The molecule has 0 saturated heterocycles. The minimum atomic E-state index is -0.00645. The molecule has 1 amide bonds. The monoisotopic (exact) mass is 276 g/mol. The van der Waals surface area contributed by atoms with Crippen LogP contribution in [0, 0.1) is 6.92 Å². The first-order valence-electron chi connectivity index (χ1n) is 6.08. The third-order valence-electron chi connectivity index (χ3n) is 2.42. The van der Waals surface area contributed by atoms with Gasteiger partial charge in [-0.25, -0.2) is 9.97 Å². The summed E-state index contributed by atoms with van der Waals surface area (Å²) in [7, 11) is 0. The van der Waals surface area contributed by atoms with Crippen molar-refractivity contribution in [3.63, 3.8) is 0 Å². The minimum absolute atomic E-state index is 0.00645. The van der Waals surface area contributed by atoms with Gasteiger partial charge in [0.2, 0.25) is 5.91 Å². The zero-order chi connectivity index (χ0) is 13.7. The molecule has 0 radical (unpaired) electrons. The molecule has 0 aliphatic carbocycles. The molecule has 5 nitrogen and oxygen atoms in total. The molecule has 0 aliphatic heterocycles. The van der Waals surface area contributed by atoms with Crippen molar-refractivity contribution in [2.24, 2.45) is 0 Å². The normalized spacial score (nSPS) is 10.2. The zero-order valence-corrected chi connectivity index (χ0v) is 11.8. The number of pyridine rings is 1. The Kier molecular flexibility index (Phi) is 4.46. The highest BCUT2D eigenvalue weighted by atomic mass is 32.1. The van der Waals surface area contributed by atoms with E-state index in [0.29, 0.717) is 13.0 Å². The number of nitrogens with zero attached hydrogens (tertiary/aromatic N) is 2. The van der Waals surface area contributed by atoms with E-state index >= 15 is 0 Å². The van der Waals surface area contributed by atoms with Crippen molar-refractivity contribution in [1.82, 2.24) is 15.3 Å². The molecular weight excluding hydrogens is 260 g/mol. The number of aromatic nitrogens is 2. The Labute approximate surface area is 116 Å². The molecule has 0 fully saturated rings. The molecule has 2 aromatic rings. The quantitative estimate of drug-likeness (QED) is 0.879. The van der Waals surface area contributed by atoms with Crippen LogP contribution in [0.2, 0.25) is 0 Å². The van der Waals surface area contributed by atoms with Crippen molar-refractivity contribution < 1.29 is 4.79 Å². The van der Waals surface area contributed by atoms with Crippen molar-refractivity contribution in [3.05, 3.63) is 35.0 Å². The van der Waals surface area contributed by atoms with Crippen LogP contribution in [-0.2, 0) is 11.2 Å². The number of likely N-dealkylation sites (N-methyl/N-ethyl adjacent to an activating group) is 1. The topological polar surface area (TPSA) is 66.9 Å². The fourth-order valence-corrected chi connectivity index (χ4v) is 2.30. The molecule has 0 atom stereocenters. The van der Waals surface area contributed by atoms with Crippen molar-refractivity contribution in [2.45, 2.75) is 20.3 Å². The van der Waals surface area contributed by atoms with E-state index < -0.39 is 0 Å². The molecule has 0 aliphatic rings. The maximum Gasteiger partial charge on any atom is 0.226 e. The molecule has 0 spiro atoms. The molecule has 0 unspecified atom stereocenters. The maximum absolute atomic E-state index is 11.4. The standard InChI is InChI=1S/C13H16N4OS/c1-3-14-12(18)7-10-8-19-13(16-10)17-11-6-9(2)4-5-15-11/h4-6,8H,3,7H2,1-2H3,(H,14,18)(H,15,16,17). The van der Waals surface area contributed by atoms with Crippen molar-refractivity contribution in [2.75, 3.05) is 11.9 Å². The summed E-state index contributed by atoms with van der Waals surface area (Å²) in [6, 6.07) is 3.89. The lowest BCUT2D eigenvalue weighted by molar-refractivity contribution is -0.120. The first-order valence-corrected chi connectivity index (χ1v) is 6.96. The number of hydrogen-bond donors (Lipinski definition) is 2. The van der Waals surface area contributed by atoms with Crippen molar-refractivity contribution in [3.8, 4) is 0 Å². The number of aryl methyl sites for hydroxylation is 1. The first kappa shape index (κ1) is 13.5. The van der Waals surface area contributed by atoms with Gasteiger partial charge in [0, 0.05) is 18.1 Å². The van der Waals surface area contributed by atoms with E-state index in [2.05, 4.69) is 20.6 Å². The second-order valence-electron chi connectivity index (χ2n) is 4.12. The number of amides is 1. The number of rotatable bonds is 5. The van der Waals surface area contributed by atoms with E-state index in [0.717, 1.165) is 22.2 Å². The third kappa shape index (κ3) is 4.03. The number of thiazole rings is 1. The van der Waals surface area contributed by atoms with Crippen LogP contribution >= 0.6 is 11.3 Å². The number of carbonyl (C=O) groups excluding carboxylic acids is 1. The Morgan fingerprint density at radius 2 is 2.32 bits per heavy atom. The predicted octanol–water partition coefficient (Wildman–Crippen LogP) is 2.27. The molecule has 2 heterocycles. The van der Waals surface area contributed by atoms with E-state index in [1.54, 1.807) is 6.20 Å². The van der Waals surface area contributed by atoms with Crippen LogP contribution in [0.1, 0.15) is 18.2 Å². The number of nitrogens with one attached hydrogen (secondary N) is 2. The fourth-order valence-electron chi connectivity index (χ4n) is 1.58. The minimum Gasteiger partial charge on any atom is -0.356 e. The molecule has 0 aromatic carbocycles. The summed E-state index contributed by atoms with van der Waals surface area (Å²) in [5.41, 5.74) is 1.91. The maximum atomic E-state index is 11.4. The molecule has 6 heteroatoms. The predicted molar refractivity (Wildman–Crippen MR) is 76.8 cm³/mol. The van der Waals surface area contributed by atoms with E-state index in [-0.39, 0.29) is 5.91 Å². The number of anilines is 2. The summed E-state index contributed by atoms with van der Waals surface area (Å²) in [5.74, 6) is 0.756. The van der Waals surface area contributed by atoms with Gasteiger partial charge in [-0.3, -0.25) is 4.79 Å². The van der Waals surface area contributed by atoms with E-state index in [1.165, 1.54) is 11.3 Å². The zero-order valence-electron chi connectivity index (χ0n) is 10.9. The highest BCUT2D eigenvalue weighted by Crippen LogP contribution is 2.20. The Balaban J connectivity index is 1.99. The molecular formula is C13H16N4OS. The Hall–Kier alpha value is -1.95. The second-order valence-corrected chi connectivity index (χ2v) is 4.98. The highest BCUT2D eigenvalue weighted by molar-refractivity contribution is 7.13. The molecule has 2 rings (SSSR count). The van der Waals surface area contributed by atoms with E-state index in [4.69, 9.17) is 0 Å². The van der Waals surface area contributed by atoms with Gasteiger partial charge in [-0.2, -0.15) is 0 Å². The van der Waals surface area contributed by atoms with Gasteiger partial charge in [0.25, 0.3) is 0 Å². The summed E-state index contributed by atoms with van der Waals surface area (Å²) in [6.07, 6.45) is 2.06. The highest BCUT2D eigenvalue weighted by Gasteiger charge is 2.07. The summed E-state index contributed by atoms with van der Waals surface area (Å²) < 4.78 is 0. The van der Waals surface area contributed by atoms with E-state index in [1.807, 2.05) is 31.4 Å². The lowest BCUT2D eigenvalue weighted by atomic mass is 10.3. The van der Waals surface area contributed by atoms with Crippen molar-refractivity contribution in [1.29, 1.82) is 0 Å². The molecule has 19 heavy (non-hydrogen) atoms. The van der Waals surface area contributed by atoms with Crippen LogP contribution in [0.25, 0.3) is 0 Å². The SMILES string of the molecule is CCNC(=O)Cc1csc(Nc2cc(C)ccn2)n1. The van der Waals surface area contributed by atoms with Gasteiger partial charge in [-0.15, -0.1) is 11.3 Å². The summed E-state index contributed by atoms with van der Waals surface area (Å²) in [4.78, 5) is 20.0. The van der Waals surface area contributed by atoms with Gasteiger partial charge in [-0.05, 0) is 31.5 Å². The largest absolute Gasteiger partial charge is 0.356 e. The summed E-state index contributed by atoms with van der Waals surface area (Å²) in [5, 5.41) is 8.52. The molecule has 0 saturated carbocycles. The lowest BCUT2D eigenvalue weighted by Gasteiger charge is -2.02. The molecule has 0 bridgehead atoms. The summed E-state index contributed by atoms with van der Waals surface area (Å²) in [6.45, 7) is 4.55. The molecule has 2 N–H and O–H groups in total. The lowest BCUT2D eigenvalue weighted by Crippen LogP contribution is -2.24. The third-order valence-corrected chi connectivity index (χ3v) is 3.22. The van der Waals surface area contributed by atoms with Crippen LogP contribution in [0.4, 0.5) is 10.9 Å². The smallest absolute Gasteiger partial charge is 0.226 e. The van der Waals surface area contributed by atoms with Crippen molar-refractivity contribution >= 4 is 28.2 Å². The van der Waals surface area contributed by atoms with Crippen LogP contribution in [0.5, 0.6) is 0 Å². The van der Waals surface area contributed by atoms with Crippen LogP contribution < -0.4 is 10.6 Å². The Morgan fingerprint density at radius 3 is 3.05 bits per heavy atom. The first-order chi connectivity index (χ1) is 9.17. The fraction of sp³-hybridized carbons (Fsp3) is 0.308. The van der Waals surface area contributed by atoms with Gasteiger partial charge in [0.1, 0.15) is 5.82 Å². The number of hydrogen-bond acceptors (Lipinski definition) is 5. The average Bonchev–Trinajstić information content (AvgIpc) is 2.76. The van der Waals surface area contributed by atoms with Gasteiger partial charge in [0.05, 0.1) is 12.1 Å². The van der Waals surface area contributed by atoms with Crippen LogP contribution in [0.15, 0.2) is 23.7 Å². The number of carbonyl (C=O) groups is 1. The van der Waals surface area contributed by atoms with Gasteiger partial charge in [-0.1, -0.05) is 0 Å². The van der Waals surface area contributed by atoms with E-state index in [9.17, 15) is 4.79 Å². The Morgan fingerprint density at radius 1 is 1.47 bits per heavy atom. The molecule has 2 aromatic heterocycles. The van der Waals surface area contributed by atoms with Crippen LogP contribution in [0.3, 0.4) is 0 Å².